The van der Waals surface area contributed by atoms with Gasteiger partial charge in [0.2, 0.25) is 15.9 Å². The number of rotatable bonds is 9. The smallest absolute Gasteiger partial charge is 0.253 e. The van der Waals surface area contributed by atoms with Gasteiger partial charge in [-0.05, 0) is 42.8 Å². The van der Waals surface area contributed by atoms with Gasteiger partial charge in [-0.2, -0.15) is 0 Å². The monoisotopic (exact) mass is 421 g/mol. The highest BCUT2D eigenvalue weighted by atomic mass is 32.2. The van der Waals surface area contributed by atoms with E-state index in [9.17, 15) is 22.4 Å². The summed E-state index contributed by atoms with van der Waals surface area (Å²) in [6.07, 6.45) is 2.73. The Hall–Kier alpha value is -2.94. The van der Waals surface area contributed by atoms with Gasteiger partial charge < -0.3 is 10.6 Å². The van der Waals surface area contributed by atoms with Crippen LogP contribution in [0.15, 0.2) is 48.5 Å². The first-order valence-corrected chi connectivity index (χ1v) is 11.0. The minimum absolute atomic E-state index is 0.162. The SMILES string of the molecule is CCCCNC(=O)c1ccccc1NC(=O)CN(c1ccc(F)cc1)S(C)(=O)=O. The number of unbranched alkanes of at least 4 members (excludes halogenated alkanes) is 1. The van der Waals surface area contributed by atoms with Crippen molar-refractivity contribution < 1.29 is 22.4 Å². The van der Waals surface area contributed by atoms with Gasteiger partial charge in [0.25, 0.3) is 5.91 Å². The van der Waals surface area contributed by atoms with Gasteiger partial charge in [-0.3, -0.25) is 13.9 Å². The Kier molecular flexibility index (Phi) is 7.72. The molecule has 0 aromatic heterocycles. The van der Waals surface area contributed by atoms with Crippen molar-refractivity contribution in [2.45, 2.75) is 19.8 Å². The Morgan fingerprint density at radius 3 is 2.34 bits per heavy atom. The summed E-state index contributed by atoms with van der Waals surface area (Å²) in [6, 6.07) is 11.2. The second-order valence-corrected chi connectivity index (χ2v) is 8.36. The average molecular weight is 421 g/mol. The number of nitrogens with one attached hydrogen (secondary N) is 2. The normalized spacial score (nSPS) is 11.0. The molecule has 0 heterocycles. The quantitative estimate of drug-likeness (QED) is 0.609. The maximum absolute atomic E-state index is 13.1. The predicted octanol–water partition coefficient (Wildman–Crippen LogP) is 2.76. The lowest BCUT2D eigenvalue weighted by atomic mass is 10.1. The van der Waals surface area contributed by atoms with E-state index in [1.807, 2.05) is 6.92 Å². The van der Waals surface area contributed by atoms with E-state index >= 15 is 0 Å². The fourth-order valence-corrected chi connectivity index (χ4v) is 3.45. The number of hydrogen-bond donors (Lipinski definition) is 2. The van der Waals surface area contributed by atoms with Crippen molar-refractivity contribution in [2.75, 3.05) is 29.0 Å². The van der Waals surface area contributed by atoms with Crippen LogP contribution in [-0.4, -0.2) is 39.6 Å². The van der Waals surface area contributed by atoms with Crippen LogP contribution in [0.1, 0.15) is 30.1 Å². The molecule has 0 aliphatic heterocycles. The Morgan fingerprint density at radius 1 is 1.07 bits per heavy atom. The van der Waals surface area contributed by atoms with E-state index in [1.165, 1.54) is 12.1 Å². The summed E-state index contributed by atoms with van der Waals surface area (Å²) in [6.45, 7) is 2.01. The number of amides is 2. The van der Waals surface area contributed by atoms with Crippen molar-refractivity contribution in [3.05, 3.63) is 59.9 Å². The molecule has 9 heteroatoms. The number of hydrogen-bond acceptors (Lipinski definition) is 4. The molecular formula is C20H24FN3O4S. The van der Waals surface area contributed by atoms with E-state index in [1.54, 1.807) is 24.3 Å². The summed E-state index contributed by atoms with van der Waals surface area (Å²) < 4.78 is 38.2. The van der Waals surface area contributed by atoms with Gasteiger partial charge in [0, 0.05) is 6.54 Å². The maximum atomic E-state index is 13.1. The molecular weight excluding hydrogens is 397 g/mol. The second kappa shape index (κ2) is 10.0. The van der Waals surface area contributed by atoms with Crippen LogP contribution >= 0.6 is 0 Å². The lowest BCUT2D eigenvalue weighted by Gasteiger charge is -2.22. The van der Waals surface area contributed by atoms with Crippen LogP contribution in [-0.2, 0) is 14.8 Å². The van der Waals surface area contributed by atoms with Crippen LogP contribution in [0.2, 0.25) is 0 Å². The molecule has 0 saturated carbocycles. The number of carbonyl (C=O) groups excluding carboxylic acids is 2. The van der Waals surface area contributed by atoms with Crippen LogP contribution in [0.4, 0.5) is 15.8 Å². The van der Waals surface area contributed by atoms with E-state index in [0.717, 1.165) is 35.5 Å². The van der Waals surface area contributed by atoms with Gasteiger partial charge in [-0.15, -0.1) is 0 Å². The Labute approximate surface area is 170 Å². The molecule has 2 aromatic carbocycles. The zero-order chi connectivity index (χ0) is 21.4. The highest BCUT2D eigenvalue weighted by Gasteiger charge is 2.22. The van der Waals surface area contributed by atoms with Gasteiger partial charge in [0.15, 0.2) is 0 Å². The Bertz CT molecular complexity index is 962. The van der Waals surface area contributed by atoms with E-state index in [-0.39, 0.29) is 22.8 Å². The van der Waals surface area contributed by atoms with Gasteiger partial charge in [0.05, 0.1) is 23.2 Å². The molecule has 156 valence electrons. The number of sulfonamides is 1. The molecule has 0 aliphatic carbocycles. The molecule has 0 saturated heterocycles. The molecule has 2 amide bonds. The first-order chi connectivity index (χ1) is 13.7. The second-order valence-electron chi connectivity index (χ2n) is 6.45. The molecule has 0 atom stereocenters. The minimum atomic E-state index is -3.79. The largest absolute Gasteiger partial charge is 0.352 e. The van der Waals surface area contributed by atoms with Crippen molar-refractivity contribution in [3.8, 4) is 0 Å². The first-order valence-electron chi connectivity index (χ1n) is 9.12. The van der Waals surface area contributed by atoms with Crippen LogP contribution < -0.4 is 14.9 Å². The van der Waals surface area contributed by atoms with Crippen molar-refractivity contribution in [2.24, 2.45) is 0 Å². The molecule has 0 spiro atoms. The van der Waals surface area contributed by atoms with Gasteiger partial charge in [-0.1, -0.05) is 25.5 Å². The van der Waals surface area contributed by atoms with Gasteiger partial charge in [0.1, 0.15) is 12.4 Å². The summed E-state index contributed by atoms with van der Waals surface area (Å²) in [4.78, 5) is 24.9. The van der Waals surface area contributed by atoms with Crippen molar-refractivity contribution in [1.29, 1.82) is 0 Å². The molecule has 2 aromatic rings. The third kappa shape index (κ3) is 6.56. The Balaban J connectivity index is 2.17. The van der Waals surface area contributed by atoms with Gasteiger partial charge >= 0.3 is 0 Å². The zero-order valence-corrected chi connectivity index (χ0v) is 17.1. The Morgan fingerprint density at radius 2 is 1.72 bits per heavy atom. The number of carbonyl (C=O) groups is 2. The van der Waals surface area contributed by atoms with Crippen molar-refractivity contribution >= 4 is 33.2 Å². The highest BCUT2D eigenvalue weighted by molar-refractivity contribution is 7.92. The molecule has 0 radical (unpaired) electrons. The van der Waals surface area contributed by atoms with Crippen molar-refractivity contribution in [3.63, 3.8) is 0 Å². The van der Waals surface area contributed by atoms with E-state index in [4.69, 9.17) is 0 Å². The topological polar surface area (TPSA) is 95.6 Å². The average Bonchev–Trinajstić information content (AvgIpc) is 2.66. The van der Waals surface area contributed by atoms with E-state index in [2.05, 4.69) is 10.6 Å². The number of benzene rings is 2. The van der Waals surface area contributed by atoms with Crippen LogP contribution in [0.5, 0.6) is 0 Å². The number of anilines is 2. The summed E-state index contributed by atoms with van der Waals surface area (Å²) in [7, 11) is -3.79. The fraction of sp³-hybridized carbons (Fsp3) is 0.300. The zero-order valence-electron chi connectivity index (χ0n) is 16.3. The highest BCUT2D eigenvalue weighted by Crippen LogP contribution is 2.19. The third-order valence-electron chi connectivity index (χ3n) is 4.06. The van der Waals surface area contributed by atoms with Crippen molar-refractivity contribution in [1.82, 2.24) is 5.32 Å². The molecule has 2 rings (SSSR count). The standard InChI is InChI=1S/C20H24FN3O4S/c1-3-4-13-22-20(26)17-7-5-6-8-18(17)23-19(25)14-24(29(2,27)28)16-11-9-15(21)10-12-16/h5-12H,3-4,13-14H2,1-2H3,(H,22,26)(H,23,25). The van der Waals surface area contributed by atoms with E-state index < -0.39 is 28.3 Å². The summed E-state index contributed by atoms with van der Waals surface area (Å²) in [5.74, 6) is -1.48. The number of para-hydroxylation sites is 1. The lowest BCUT2D eigenvalue weighted by molar-refractivity contribution is -0.114. The molecule has 2 N–H and O–H groups in total. The molecule has 0 unspecified atom stereocenters. The third-order valence-corrected chi connectivity index (χ3v) is 5.20. The molecule has 0 fully saturated rings. The van der Waals surface area contributed by atoms with Crippen LogP contribution in [0, 0.1) is 5.82 Å². The first kappa shape index (κ1) is 22.4. The minimum Gasteiger partial charge on any atom is -0.352 e. The number of nitrogens with zero attached hydrogens (tertiary/aromatic N) is 1. The molecule has 29 heavy (non-hydrogen) atoms. The molecule has 0 bridgehead atoms. The molecule has 7 nitrogen and oxygen atoms in total. The summed E-state index contributed by atoms with van der Waals surface area (Å²) in [5, 5.41) is 5.36. The van der Waals surface area contributed by atoms with Crippen LogP contribution in [0.3, 0.4) is 0 Å². The molecule has 0 aliphatic rings. The summed E-state index contributed by atoms with van der Waals surface area (Å²) >= 11 is 0. The van der Waals surface area contributed by atoms with E-state index in [0.29, 0.717) is 6.54 Å². The maximum Gasteiger partial charge on any atom is 0.253 e. The lowest BCUT2D eigenvalue weighted by Crippen LogP contribution is -2.37. The predicted molar refractivity (Wildman–Crippen MR) is 111 cm³/mol. The fourth-order valence-electron chi connectivity index (χ4n) is 2.59. The number of halogens is 1. The summed E-state index contributed by atoms with van der Waals surface area (Å²) in [5.41, 5.74) is 0.721. The van der Waals surface area contributed by atoms with Gasteiger partial charge in [-0.25, -0.2) is 12.8 Å². The van der Waals surface area contributed by atoms with Crippen LogP contribution in [0.25, 0.3) is 0 Å².